The van der Waals surface area contributed by atoms with E-state index in [-0.39, 0.29) is 30.6 Å². The fourth-order valence-corrected chi connectivity index (χ4v) is 1.52. The van der Waals surface area contributed by atoms with Gasteiger partial charge in [0, 0.05) is 25.6 Å². The summed E-state index contributed by atoms with van der Waals surface area (Å²) in [7, 11) is 7.26. The van der Waals surface area contributed by atoms with Crippen molar-refractivity contribution in [3.05, 3.63) is 0 Å². The number of amides is 3. The highest BCUT2D eigenvalue weighted by molar-refractivity contribution is 5.80. The van der Waals surface area contributed by atoms with E-state index in [0.717, 1.165) is 32.2 Å². The average molecular weight is 602 g/mol. The molecule has 0 spiro atoms. The summed E-state index contributed by atoms with van der Waals surface area (Å²) in [5.74, 6) is -0.772. The van der Waals surface area contributed by atoms with E-state index in [1.54, 1.807) is 20.2 Å². The van der Waals surface area contributed by atoms with Crippen molar-refractivity contribution in [1.29, 1.82) is 0 Å². The van der Waals surface area contributed by atoms with Gasteiger partial charge in [0.1, 0.15) is 7.11 Å². The first-order valence-electron chi connectivity index (χ1n) is 13.2. The molecule has 4 N–H and O–H groups in total. The smallest absolute Gasteiger partial charge is 0.431 e. The molecular formula is C25H55N5O11. The first-order valence-corrected chi connectivity index (χ1v) is 13.2. The molecule has 0 atom stereocenters. The monoisotopic (exact) mass is 601 g/mol. The first kappa shape index (κ1) is 47.7. The molecule has 0 fully saturated rings. The topological polar surface area (TPSA) is 193 Å². The van der Waals surface area contributed by atoms with E-state index >= 15 is 0 Å². The first-order chi connectivity index (χ1) is 19.6. The zero-order chi connectivity index (χ0) is 32.6. The molecule has 0 aromatic heterocycles. The van der Waals surface area contributed by atoms with Crippen molar-refractivity contribution in [3.8, 4) is 0 Å². The zero-order valence-corrected chi connectivity index (χ0v) is 26.6. The maximum absolute atomic E-state index is 10.9. The fraction of sp³-hybridized carbons (Fsp3) is 0.800. The van der Waals surface area contributed by atoms with Crippen molar-refractivity contribution in [2.75, 3.05) is 55.3 Å². The van der Waals surface area contributed by atoms with Crippen LogP contribution >= 0.6 is 0 Å². The molecule has 0 aliphatic heterocycles. The Kier molecular flexibility index (Phi) is 54.5. The van der Waals surface area contributed by atoms with Gasteiger partial charge in [-0.1, -0.05) is 39.8 Å². The minimum atomic E-state index is -0.542. The largest absolute Gasteiger partial charge is 0.466 e. The third-order valence-corrected chi connectivity index (χ3v) is 3.26. The van der Waals surface area contributed by atoms with Crippen LogP contribution in [0.25, 0.3) is 0 Å². The quantitative estimate of drug-likeness (QED) is 0.0876. The Morgan fingerprint density at radius 2 is 1.20 bits per heavy atom. The van der Waals surface area contributed by atoms with Gasteiger partial charge in [0.2, 0.25) is 11.8 Å². The molecule has 16 heteroatoms. The van der Waals surface area contributed by atoms with Gasteiger partial charge in [-0.3, -0.25) is 28.9 Å². The Morgan fingerprint density at radius 1 is 0.659 bits per heavy atom. The van der Waals surface area contributed by atoms with Crippen molar-refractivity contribution < 1.29 is 52.8 Å². The number of hydrogen-bond donors (Lipinski definition) is 4. The van der Waals surface area contributed by atoms with Crippen molar-refractivity contribution >= 4 is 30.1 Å². The summed E-state index contributed by atoms with van der Waals surface area (Å²) in [5, 5.41) is 3.47. The van der Waals surface area contributed by atoms with Gasteiger partial charge in [-0.25, -0.2) is 21.2 Å². The number of hydroxylamine groups is 4. The van der Waals surface area contributed by atoms with Crippen molar-refractivity contribution in [3.63, 3.8) is 0 Å². The van der Waals surface area contributed by atoms with Gasteiger partial charge in [0.25, 0.3) is 0 Å². The van der Waals surface area contributed by atoms with E-state index < -0.39 is 6.09 Å². The molecule has 0 aliphatic rings. The highest BCUT2D eigenvalue weighted by Crippen LogP contribution is 1.93. The van der Waals surface area contributed by atoms with Crippen LogP contribution in [0.2, 0.25) is 0 Å². The van der Waals surface area contributed by atoms with Crippen LogP contribution in [0.5, 0.6) is 0 Å². The summed E-state index contributed by atoms with van der Waals surface area (Å²) in [6, 6.07) is 0. The van der Waals surface area contributed by atoms with Crippen LogP contribution < -0.4 is 21.9 Å². The maximum Gasteiger partial charge on any atom is 0.431 e. The Balaban J connectivity index is -0.000000137. The lowest BCUT2D eigenvalue weighted by atomic mass is 10.3. The van der Waals surface area contributed by atoms with E-state index in [1.165, 1.54) is 28.4 Å². The lowest BCUT2D eigenvalue weighted by molar-refractivity contribution is -0.146. The number of ether oxygens (including phenoxy) is 2. The second kappa shape index (κ2) is 46.8. The Bertz CT molecular complexity index is 588. The van der Waals surface area contributed by atoms with Gasteiger partial charge in [0.15, 0.2) is 0 Å². The standard InChI is InChI=1S/C8H15NO4.C5H11NO3.C4H9NO2.C4H11NO.C4H9NO/c1-3-6-13-8(11)5-4-7(10)9-12-2;1-3-4-9-5(7)6-8-2;1-3-4(6)5-7-2;2*1-3-4-5-6-2/h3-6H2,1-2H3,(H,9,10);3-4H2,1-2H3,(H,6,7);3H2,1-2H3,(H,5,6);5H,3-4H2,1-2H3;4H,3H2,1-2H3/b;;;;5-4+. The molecule has 41 heavy (non-hydrogen) atoms. The number of rotatable bonds is 16. The summed E-state index contributed by atoms with van der Waals surface area (Å²) in [5.41, 5.74) is 8.98. The minimum Gasteiger partial charge on any atom is -0.466 e. The Hall–Kier alpha value is -3.05. The molecule has 16 nitrogen and oxygen atoms in total. The van der Waals surface area contributed by atoms with Gasteiger partial charge in [0.05, 0.1) is 48.1 Å². The van der Waals surface area contributed by atoms with Crippen LogP contribution in [-0.4, -0.2) is 85.4 Å². The molecule has 0 aromatic carbocycles. The molecule has 0 rings (SSSR count). The lowest BCUT2D eigenvalue weighted by Crippen LogP contribution is -2.22. The van der Waals surface area contributed by atoms with Crippen LogP contribution in [0.1, 0.15) is 79.6 Å². The summed E-state index contributed by atoms with van der Waals surface area (Å²) in [6.07, 6.45) is 5.48. The molecule has 0 radical (unpaired) electrons. The number of nitrogens with one attached hydrogen (secondary N) is 4. The van der Waals surface area contributed by atoms with Gasteiger partial charge in [-0.05, 0) is 25.7 Å². The van der Waals surface area contributed by atoms with Crippen molar-refractivity contribution in [1.82, 2.24) is 21.9 Å². The molecule has 3 amide bonds. The van der Waals surface area contributed by atoms with E-state index in [0.29, 0.717) is 19.6 Å². The highest BCUT2D eigenvalue weighted by atomic mass is 16.7. The van der Waals surface area contributed by atoms with Gasteiger partial charge >= 0.3 is 12.1 Å². The maximum atomic E-state index is 10.9. The molecule has 0 bridgehead atoms. The average Bonchev–Trinajstić information content (AvgIpc) is 2.97. The number of carbonyl (C=O) groups is 4. The summed E-state index contributed by atoms with van der Waals surface area (Å²) in [4.78, 5) is 64.0. The Morgan fingerprint density at radius 3 is 1.54 bits per heavy atom. The summed E-state index contributed by atoms with van der Waals surface area (Å²) < 4.78 is 9.32. The lowest BCUT2D eigenvalue weighted by Gasteiger charge is -2.02. The molecule has 0 saturated carbocycles. The molecular weight excluding hydrogens is 546 g/mol. The zero-order valence-electron chi connectivity index (χ0n) is 26.6. The van der Waals surface area contributed by atoms with Crippen LogP contribution in [0.3, 0.4) is 0 Å². The SMILES string of the molecule is CC/C=N/OC.CCC(=O)NOC.CCCNOC.CCCOC(=O)CCC(=O)NOC.CCCOC(=O)NOC. The fourth-order valence-electron chi connectivity index (χ4n) is 1.52. The molecule has 246 valence electrons. The van der Waals surface area contributed by atoms with Gasteiger partial charge < -0.3 is 19.1 Å². The number of esters is 1. The van der Waals surface area contributed by atoms with Gasteiger partial charge in [-0.2, -0.15) is 5.48 Å². The summed E-state index contributed by atoms with van der Waals surface area (Å²) in [6.45, 7) is 11.4. The second-order valence-electron chi connectivity index (χ2n) is 6.95. The van der Waals surface area contributed by atoms with Crippen LogP contribution in [-0.2, 0) is 48.0 Å². The minimum absolute atomic E-state index is 0.0925. The van der Waals surface area contributed by atoms with Gasteiger partial charge in [-0.15, -0.1) is 0 Å². The Labute approximate surface area is 245 Å². The highest BCUT2D eigenvalue weighted by Gasteiger charge is 2.06. The number of carbonyl (C=O) groups excluding carboxylic acids is 4. The molecule has 0 aromatic rings. The van der Waals surface area contributed by atoms with E-state index in [2.05, 4.69) is 57.4 Å². The predicted octanol–water partition coefficient (Wildman–Crippen LogP) is 2.73. The van der Waals surface area contributed by atoms with E-state index in [9.17, 15) is 19.2 Å². The van der Waals surface area contributed by atoms with E-state index in [1.807, 2.05) is 26.3 Å². The van der Waals surface area contributed by atoms with Crippen LogP contribution in [0.15, 0.2) is 5.16 Å². The number of hydrogen-bond acceptors (Lipinski definition) is 13. The number of oxime groups is 1. The third kappa shape index (κ3) is 62.1. The van der Waals surface area contributed by atoms with Crippen molar-refractivity contribution in [2.24, 2.45) is 5.16 Å². The number of nitrogens with zero attached hydrogens (tertiary/aromatic N) is 1. The molecule has 0 saturated heterocycles. The predicted molar refractivity (Wildman–Crippen MR) is 154 cm³/mol. The van der Waals surface area contributed by atoms with Crippen LogP contribution in [0.4, 0.5) is 4.79 Å². The van der Waals surface area contributed by atoms with E-state index in [4.69, 9.17) is 4.74 Å². The van der Waals surface area contributed by atoms with Crippen molar-refractivity contribution in [2.45, 2.75) is 79.6 Å². The molecule has 0 heterocycles. The third-order valence-electron chi connectivity index (χ3n) is 3.26. The second-order valence-corrected chi connectivity index (χ2v) is 6.95. The summed E-state index contributed by atoms with van der Waals surface area (Å²) >= 11 is 0. The van der Waals surface area contributed by atoms with Crippen LogP contribution in [0, 0.1) is 0 Å². The molecule has 0 unspecified atom stereocenters. The molecule has 0 aliphatic carbocycles. The normalized spacial score (nSPS) is 9.02.